The van der Waals surface area contributed by atoms with Crippen LogP contribution in [0.4, 0.5) is 10.8 Å². The van der Waals surface area contributed by atoms with E-state index in [1.807, 2.05) is 37.3 Å². The zero-order valence-corrected chi connectivity index (χ0v) is 19.6. The largest absolute Gasteiger partial charge is 0.360 e. The second-order valence-corrected chi connectivity index (χ2v) is 10.8. The van der Waals surface area contributed by atoms with E-state index < -0.39 is 10.0 Å². The van der Waals surface area contributed by atoms with Gasteiger partial charge in [0.15, 0.2) is 4.34 Å². The summed E-state index contributed by atoms with van der Waals surface area (Å²) in [7, 11) is -2.09. The van der Waals surface area contributed by atoms with Crippen LogP contribution >= 0.6 is 23.1 Å². The predicted molar refractivity (Wildman–Crippen MR) is 125 cm³/mol. The molecule has 8 nitrogen and oxygen atoms in total. The molecule has 1 heterocycles. The van der Waals surface area contributed by atoms with Gasteiger partial charge in [0.1, 0.15) is 0 Å². The minimum absolute atomic E-state index is 0.170. The third-order valence-corrected chi connectivity index (χ3v) is 7.99. The number of hydrogen-bond acceptors (Lipinski definition) is 8. The Morgan fingerprint density at radius 3 is 2.48 bits per heavy atom. The van der Waals surface area contributed by atoms with Gasteiger partial charge < -0.3 is 10.6 Å². The molecule has 1 aromatic heterocycles. The first-order valence-electron chi connectivity index (χ1n) is 9.49. The molecular weight excluding hydrogens is 454 g/mol. The van der Waals surface area contributed by atoms with Crippen LogP contribution < -0.4 is 10.6 Å². The fourth-order valence-electron chi connectivity index (χ4n) is 2.63. The van der Waals surface area contributed by atoms with Crippen molar-refractivity contribution in [1.29, 1.82) is 0 Å². The van der Waals surface area contributed by atoms with Gasteiger partial charge in [-0.2, -0.15) is 4.31 Å². The standard InChI is InChI=1S/C20H23N5O3S3/c1-3-21-19-23-24-20(30-19)29-14-18(26)22-16-9-11-17(12-10-16)31(27,28)25(2)13-15-7-5-4-6-8-15/h4-12H,3,13-14H2,1-2H3,(H,21,23)(H,22,26). The number of carbonyl (C=O) groups is 1. The molecule has 0 saturated heterocycles. The van der Waals surface area contributed by atoms with Gasteiger partial charge in [-0.15, -0.1) is 10.2 Å². The number of benzene rings is 2. The van der Waals surface area contributed by atoms with Crippen molar-refractivity contribution in [2.45, 2.75) is 22.7 Å². The van der Waals surface area contributed by atoms with Crippen molar-refractivity contribution in [2.75, 3.05) is 30.0 Å². The van der Waals surface area contributed by atoms with Crippen LogP contribution in [0.15, 0.2) is 63.8 Å². The fourth-order valence-corrected chi connectivity index (χ4v) is 5.41. The molecule has 0 spiro atoms. The Morgan fingerprint density at radius 2 is 1.81 bits per heavy atom. The summed E-state index contributed by atoms with van der Waals surface area (Å²) in [5.74, 6) is -0.0253. The van der Waals surface area contributed by atoms with Crippen molar-refractivity contribution in [3.63, 3.8) is 0 Å². The van der Waals surface area contributed by atoms with Crippen LogP contribution in [-0.2, 0) is 21.4 Å². The van der Waals surface area contributed by atoms with Crippen molar-refractivity contribution in [2.24, 2.45) is 0 Å². The van der Waals surface area contributed by atoms with E-state index in [1.165, 1.54) is 39.5 Å². The Balaban J connectivity index is 1.55. The van der Waals surface area contributed by atoms with Crippen molar-refractivity contribution in [3.8, 4) is 0 Å². The number of thioether (sulfide) groups is 1. The van der Waals surface area contributed by atoms with Crippen molar-refractivity contribution in [1.82, 2.24) is 14.5 Å². The number of carbonyl (C=O) groups excluding carboxylic acids is 1. The Morgan fingerprint density at radius 1 is 1.10 bits per heavy atom. The summed E-state index contributed by atoms with van der Waals surface area (Å²) in [4.78, 5) is 12.4. The molecule has 0 aliphatic heterocycles. The lowest BCUT2D eigenvalue weighted by atomic mass is 10.2. The number of aromatic nitrogens is 2. The SMILES string of the molecule is CCNc1nnc(SCC(=O)Nc2ccc(S(=O)(=O)N(C)Cc3ccccc3)cc2)s1. The lowest BCUT2D eigenvalue weighted by molar-refractivity contribution is -0.113. The van der Waals surface area contributed by atoms with E-state index in [9.17, 15) is 13.2 Å². The molecule has 11 heteroatoms. The average molecular weight is 478 g/mol. The highest BCUT2D eigenvalue weighted by Gasteiger charge is 2.21. The molecule has 1 amide bonds. The number of sulfonamides is 1. The summed E-state index contributed by atoms with van der Waals surface area (Å²) in [5, 5.41) is 14.6. The molecule has 3 rings (SSSR count). The summed E-state index contributed by atoms with van der Waals surface area (Å²) >= 11 is 2.69. The van der Waals surface area contributed by atoms with Gasteiger partial charge in [-0.05, 0) is 36.8 Å². The minimum atomic E-state index is -3.63. The smallest absolute Gasteiger partial charge is 0.243 e. The molecule has 0 unspecified atom stereocenters. The molecule has 0 aliphatic carbocycles. The molecule has 0 bridgehead atoms. The Hall–Kier alpha value is -2.47. The Kier molecular flexibility index (Phi) is 8.02. The molecule has 0 atom stereocenters. The maximum atomic E-state index is 12.8. The molecule has 31 heavy (non-hydrogen) atoms. The van der Waals surface area contributed by atoms with Gasteiger partial charge in [0.25, 0.3) is 0 Å². The highest BCUT2D eigenvalue weighted by Crippen LogP contribution is 2.25. The first kappa shape index (κ1) is 23.2. The molecular formula is C20H23N5O3S3. The first-order chi connectivity index (χ1) is 14.9. The second-order valence-electron chi connectivity index (χ2n) is 6.51. The van der Waals surface area contributed by atoms with Gasteiger partial charge >= 0.3 is 0 Å². The Bertz CT molecular complexity index is 1100. The summed E-state index contributed by atoms with van der Waals surface area (Å²) in [5.41, 5.74) is 1.43. The highest BCUT2D eigenvalue weighted by atomic mass is 32.2. The van der Waals surface area contributed by atoms with Gasteiger partial charge in [0.05, 0.1) is 10.6 Å². The van der Waals surface area contributed by atoms with Gasteiger partial charge in [-0.25, -0.2) is 8.42 Å². The molecule has 2 aromatic carbocycles. The topological polar surface area (TPSA) is 104 Å². The maximum Gasteiger partial charge on any atom is 0.243 e. The predicted octanol–water partition coefficient (Wildman–Crippen LogP) is 3.52. The highest BCUT2D eigenvalue weighted by molar-refractivity contribution is 8.01. The molecule has 164 valence electrons. The van der Waals surface area contributed by atoms with E-state index >= 15 is 0 Å². The van der Waals surface area contributed by atoms with Gasteiger partial charge in [0, 0.05) is 25.8 Å². The van der Waals surface area contributed by atoms with Crippen LogP contribution in [0.2, 0.25) is 0 Å². The molecule has 0 aliphatic rings. The maximum absolute atomic E-state index is 12.8. The lowest BCUT2D eigenvalue weighted by Gasteiger charge is -2.17. The van der Waals surface area contributed by atoms with Crippen LogP contribution in [0.25, 0.3) is 0 Å². The molecule has 3 aromatic rings. The molecule has 2 N–H and O–H groups in total. The van der Waals surface area contributed by atoms with E-state index in [-0.39, 0.29) is 23.1 Å². The minimum Gasteiger partial charge on any atom is -0.360 e. The molecule has 0 fully saturated rings. The third-order valence-electron chi connectivity index (χ3n) is 4.16. The van der Waals surface area contributed by atoms with Crippen LogP contribution in [-0.4, -0.2) is 48.2 Å². The van der Waals surface area contributed by atoms with Crippen LogP contribution in [0.1, 0.15) is 12.5 Å². The van der Waals surface area contributed by atoms with Crippen LogP contribution in [0, 0.1) is 0 Å². The summed E-state index contributed by atoms with van der Waals surface area (Å²) < 4.78 is 27.6. The summed E-state index contributed by atoms with van der Waals surface area (Å²) in [6, 6.07) is 15.5. The van der Waals surface area contributed by atoms with Crippen LogP contribution in [0.5, 0.6) is 0 Å². The number of anilines is 2. The third kappa shape index (κ3) is 6.50. The zero-order valence-electron chi connectivity index (χ0n) is 17.1. The van der Waals surface area contributed by atoms with E-state index in [0.717, 1.165) is 17.2 Å². The number of amides is 1. The Labute approximate surface area is 190 Å². The average Bonchev–Trinajstić information content (AvgIpc) is 3.21. The number of rotatable bonds is 10. The van der Waals surface area contributed by atoms with Crippen LogP contribution in [0.3, 0.4) is 0 Å². The van der Waals surface area contributed by atoms with Crippen molar-refractivity contribution in [3.05, 3.63) is 60.2 Å². The van der Waals surface area contributed by atoms with Gasteiger partial charge in [-0.1, -0.05) is 53.4 Å². The monoisotopic (exact) mass is 477 g/mol. The van der Waals surface area contributed by atoms with Gasteiger partial charge in [0.2, 0.25) is 21.1 Å². The van der Waals surface area contributed by atoms with E-state index in [1.54, 1.807) is 19.2 Å². The lowest BCUT2D eigenvalue weighted by Crippen LogP contribution is -2.26. The summed E-state index contributed by atoms with van der Waals surface area (Å²) in [6.07, 6.45) is 0. The second kappa shape index (κ2) is 10.7. The van der Waals surface area contributed by atoms with Gasteiger partial charge in [-0.3, -0.25) is 4.79 Å². The number of nitrogens with zero attached hydrogens (tertiary/aromatic N) is 3. The van der Waals surface area contributed by atoms with E-state index in [2.05, 4.69) is 20.8 Å². The summed E-state index contributed by atoms with van der Waals surface area (Å²) in [6.45, 7) is 3.01. The van der Waals surface area contributed by atoms with E-state index in [4.69, 9.17) is 0 Å². The first-order valence-corrected chi connectivity index (χ1v) is 12.7. The van der Waals surface area contributed by atoms with Crippen molar-refractivity contribution < 1.29 is 13.2 Å². The number of hydrogen-bond donors (Lipinski definition) is 2. The molecule has 0 radical (unpaired) electrons. The molecule has 0 saturated carbocycles. The normalized spacial score (nSPS) is 11.5. The fraction of sp³-hybridized carbons (Fsp3) is 0.250. The quantitative estimate of drug-likeness (QED) is 0.431. The number of nitrogens with one attached hydrogen (secondary N) is 2. The zero-order chi connectivity index (χ0) is 22.3. The van der Waals surface area contributed by atoms with E-state index in [0.29, 0.717) is 10.0 Å². The van der Waals surface area contributed by atoms with Crippen molar-refractivity contribution >= 4 is 49.8 Å².